The summed E-state index contributed by atoms with van der Waals surface area (Å²) in [6.45, 7) is 5.12. The van der Waals surface area contributed by atoms with Crippen LogP contribution in [0.5, 0.6) is 0 Å². The third kappa shape index (κ3) is 4.03. The molecule has 0 aliphatic heterocycles. The first kappa shape index (κ1) is 15.4. The lowest BCUT2D eigenvalue weighted by Crippen LogP contribution is -2.39. The van der Waals surface area contributed by atoms with Crippen molar-refractivity contribution in [3.05, 3.63) is 16.1 Å². The van der Waals surface area contributed by atoms with E-state index < -0.39 is 0 Å². The van der Waals surface area contributed by atoms with Crippen LogP contribution in [-0.4, -0.2) is 23.5 Å². The highest BCUT2D eigenvalue weighted by Gasteiger charge is 2.25. The Balaban J connectivity index is 1.89. The van der Waals surface area contributed by atoms with Crippen LogP contribution in [-0.2, 0) is 6.42 Å². The van der Waals surface area contributed by atoms with Crippen molar-refractivity contribution < 1.29 is 4.79 Å². The van der Waals surface area contributed by atoms with Crippen LogP contribution in [0.4, 0.5) is 0 Å². The average Bonchev–Trinajstić information content (AvgIpc) is 2.88. The Labute approximate surface area is 125 Å². The van der Waals surface area contributed by atoms with Gasteiger partial charge < -0.3 is 11.1 Å². The van der Waals surface area contributed by atoms with Crippen molar-refractivity contribution in [3.63, 3.8) is 0 Å². The number of amides is 1. The molecule has 1 aromatic rings. The molecule has 2 rings (SSSR count). The maximum absolute atomic E-state index is 12.2. The molecule has 4 nitrogen and oxygen atoms in total. The fraction of sp³-hybridized carbons (Fsp3) is 0.733. The molecule has 0 bridgehead atoms. The molecule has 0 radical (unpaired) electrons. The van der Waals surface area contributed by atoms with E-state index in [1.807, 2.05) is 5.38 Å². The van der Waals surface area contributed by atoms with Gasteiger partial charge in [0.15, 0.2) is 0 Å². The van der Waals surface area contributed by atoms with Gasteiger partial charge in [0.2, 0.25) is 0 Å². The molecule has 1 aliphatic rings. The molecule has 1 amide bonds. The van der Waals surface area contributed by atoms with Crippen molar-refractivity contribution in [3.8, 4) is 0 Å². The van der Waals surface area contributed by atoms with Crippen LogP contribution in [0.25, 0.3) is 0 Å². The lowest BCUT2D eigenvalue weighted by molar-refractivity contribution is 0.0908. The van der Waals surface area contributed by atoms with Gasteiger partial charge in [0.05, 0.1) is 5.01 Å². The van der Waals surface area contributed by atoms with Crippen LogP contribution in [0, 0.1) is 11.8 Å². The molecule has 2 atom stereocenters. The zero-order chi connectivity index (χ0) is 14.5. The first-order valence-electron chi connectivity index (χ1n) is 7.55. The normalized spacial score (nSPS) is 23.0. The average molecular weight is 295 g/mol. The third-order valence-electron chi connectivity index (χ3n) is 4.14. The standard InChI is InChI=1S/C15H25N3OS/c1-10(2)11-4-3-5-12(8-11)17-15(19)13-9-20-14(18-13)6-7-16/h9-12H,3-8,16H2,1-2H3,(H,17,19). The maximum Gasteiger partial charge on any atom is 0.270 e. The van der Waals surface area contributed by atoms with E-state index in [2.05, 4.69) is 24.1 Å². The highest BCUT2D eigenvalue weighted by Crippen LogP contribution is 2.30. The van der Waals surface area contributed by atoms with Crippen LogP contribution < -0.4 is 11.1 Å². The molecule has 0 saturated heterocycles. The maximum atomic E-state index is 12.2. The molecule has 3 N–H and O–H groups in total. The summed E-state index contributed by atoms with van der Waals surface area (Å²) in [5.74, 6) is 1.40. The topological polar surface area (TPSA) is 68.0 Å². The first-order chi connectivity index (χ1) is 9.60. The number of rotatable bonds is 5. The molecule has 20 heavy (non-hydrogen) atoms. The van der Waals surface area contributed by atoms with Gasteiger partial charge in [-0.3, -0.25) is 4.79 Å². The van der Waals surface area contributed by atoms with Gasteiger partial charge in [-0.25, -0.2) is 4.98 Å². The molecule has 2 unspecified atom stereocenters. The molecule has 1 fully saturated rings. The van der Waals surface area contributed by atoms with E-state index in [-0.39, 0.29) is 5.91 Å². The van der Waals surface area contributed by atoms with Gasteiger partial charge in [0, 0.05) is 17.8 Å². The van der Waals surface area contributed by atoms with E-state index in [9.17, 15) is 4.79 Å². The molecule has 0 aromatic carbocycles. The number of hydrogen-bond acceptors (Lipinski definition) is 4. The Kier molecular flexibility index (Phi) is 5.54. The van der Waals surface area contributed by atoms with E-state index in [1.165, 1.54) is 24.2 Å². The SMILES string of the molecule is CC(C)C1CCCC(NC(=O)c2csc(CCN)n2)C1. The number of nitrogens with one attached hydrogen (secondary N) is 1. The number of carbonyl (C=O) groups is 1. The summed E-state index contributed by atoms with van der Waals surface area (Å²) in [4.78, 5) is 16.6. The van der Waals surface area contributed by atoms with Gasteiger partial charge in [0.25, 0.3) is 5.91 Å². The Hall–Kier alpha value is -0.940. The molecule has 1 aliphatic carbocycles. The number of carbonyl (C=O) groups excluding carboxylic acids is 1. The third-order valence-corrected chi connectivity index (χ3v) is 5.04. The second-order valence-corrected chi connectivity index (χ2v) is 6.95. The highest BCUT2D eigenvalue weighted by molar-refractivity contribution is 7.09. The summed E-state index contributed by atoms with van der Waals surface area (Å²) in [6.07, 6.45) is 5.44. The zero-order valence-electron chi connectivity index (χ0n) is 12.4. The van der Waals surface area contributed by atoms with E-state index in [0.717, 1.165) is 30.2 Å². The molecule has 1 aromatic heterocycles. The second kappa shape index (κ2) is 7.18. The number of hydrogen-bond donors (Lipinski definition) is 2. The fourth-order valence-corrected chi connectivity index (χ4v) is 3.67. The Morgan fingerprint density at radius 1 is 1.55 bits per heavy atom. The van der Waals surface area contributed by atoms with Crippen molar-refractivity contribution in [2.24, 2.45) is 17.6 Å². The lowest BCUT2D eigenvalue weighted by atomic mass is 9.79. The van der Waals surface area contributed by atoms with Crippen molar-refractivity contribution in [2.45, 2.75) is 52.0 Å². The molecule has 5 heteroatoms. The van der Waals surface area contributed by atoms with Gasteiger partial charge in [-0.05, 0) is 31.2 Å². The largest absolute Gasteiger partial charge is 0.348 e. The van der Waals surface area contributed by atoms with Gasteiger partial charge in [-0.15, -0.1) is 11.3 Å². The van der Waals surface area contributed by atoms with E-state index >= 15 is 0 Å². The Bertz CT molecular complexity index is 444. The molecule has 1 saturated carbocycles. The summed E-state index contributed by atoms with van der Waals surface area (Å²) in [6, 6.07) is 0.309. The summed E-state index contributed by atoms with van der Waals surface area (Å²) >= 11 is 1.52. The Morgan fingerprint density at radius 2 is 2.35 bits per heavy atom. The molecule has 1 heterocycles. The van der Waals surface area contributed by atoms with Crippen molar-refractivity contribution in [1.29, 1.82) is 0 Å². The number of aromatic nitrogens is 1. The van der Waals surface area contributed by atoms with Crippen LogP contribution in [0.15, 0.2) is 5.38 Å². The summed E-state index contributed by atoms with van der Waals surface area (Å²) < 4.78 is 0. The second-order valence-electron chi connectivity index (χ2n) is 6.01. The first-order valence-corrected chi connectivity index (χ1v) is 8.43. The zero-order valence-corrected chi connectivity index (χ0v) is 13.2. The van der Waals surface area contributed by atoms with Crippen molar-refractivity contribution in [2.75, 3.05) is 6.54 Å². The Morgan fingerprint density at radius 3 is 3.05 bits per heavy atom. The number of nitrogens with zero attached hydrogens (tertiary/aromatic N) is 1. The van der Waals surface area contributed by atoms with E-state index in [0.29, 0.717) is 24.2 Å². The summed E-state index contributed by atoms with van der Waals surface area (Å²) in [7, 11) is 0. The van der Waals surface area contributed by atoms with Gasteiger partial charge in [0.1, 0.15) is 5.69 Å². The highest BCUT2D eigenvalue weighted by atomic mass is 32.1. The van der Waals surface area contributed by atoms with Crippen LogP contribution in [0.1, 0.15) is 55.0 Å². The van der Waals surface area contributed by atoms with Crippen LogP contribution >= 0.6 is 11.3 Å². The lowest BCUT2D eigenvalue weighted by Gasteiger charge is -2.31. The van der Waals surface area contributed by atoms with Crippen LogP contribution in [0.2, 0.25) is 0 Å². The molecular weight excluding hydrogens is 270 g/mol. The molecule has 112 valence electrons. The predicted molar refractivity (Wildman–Crippen MR) is 82.9 cm³/mol. The monoisotopic (exact) mass is 295 g/mol. The minimum Gasteiger partial charge on any atom is -0.348 e. The minimum absolute atomic E-state index is 0.0288. The molecule has 0 spiro atoms. The summed E-state index contributed by atoms with van der Waals surface area (Å²) in [5, 5.41) is 5.93. The quantitative estimate of drug-likeness (QED) is 0.877. The van der Waals surface area contributed by atoms with E-state index in [4.69, 9.17) is 5.73 Å². The van der Waals surface area contributed by atoms with Crippen molar-refractivity contribution in [1.82, 2.24) is 10.3 Å². The number of thiazole rings is 1. The van der Waals surface area contributed by atoms with E-state index in [1.54, 1.807) is 0 Å². The number of nitrogens with two attached hydrogens (primary N) is 1. The van der Waals surface area contributed by atoms with Gasteiger partial charge in [-0.2, -0.15) is 0 Å². The van der Waals surface area contributed by atoms with Crippen molar-refractivity contribution >= 4 is 17.2 Å². The van der Waals surface area contributed by atoms with Gasteiger partial charge in [-0.1, -0.05) is 26.7 Å². The van der Waals surface area contributed by atoms with Crippen LogP contribution in [0.3, 0.4) is 0 Å². The predicted octanol–water partition coefficient (Wildman–Crippen LogP) is 2.59. The summed E-state index contributed by atoms with van der Waals surface area (Å²) in [5.41, 5.74) is 6.05. The van der Waals surface area contributed by atoms with Gasteiger partial charge >= 0.3 is 0 Å². The molecular formula is C15H25N3OS. The fourth-order valence-electron chi connectivity index (χ4n) is 2.88. The smallest absolute Gasteiger partial charge is 0.270 e. The minimum atomic E-state index is -0.0288.